The second kappa shape index (κ2) is 3.34. The molecular formula is C10H9F2N3. The number of hydrogen-bond donors (Lipinski definition) is 1. The summed E-state index contributed by atoms with van der Waals surface area (Å²) in [6, 6.07) is 2.48. The van der Waals surface area contributed by atoms with Gasteiger partial charge < -0.3 is 10.3 Å². The van der Waals surface area contributed by atoms with Gasteiger partial charge in [0.25, 0.3) is 0 Å². The molecule has 0 aliphatic rings. The van der Waals surface area contributed by atoms with Crippen LogP contribution in [-0.4, -0.2) is 9.55 Å². The lowest BCUT2D eigenvalue weighted by molar-refractivity contribution is 0.593. The zero-order chi connectivity index (χ0) is 11.0. The number of rotatable bonds is 1. The molecule has 0 spiro atoms. The Morgan fingerprint density at radius 2 is 2.07 bits per heavy atom. The number of halogens is 2. The van der Waals surface area contributed by atoms with Gasteiger partial charge in [0.05, 0.1) is 18.2 Å². The largest absolute Gasteiger partial charge is 0.394 e. The lowest BCUT2D eigenvalue weighted by Gasteiger charge is -2.06. The summed E-state index contributed by atoms with van der Waals surface area (Å²) in [6.45, 7) is 0. The fourth-order valence-electron chi connectivity index (χ4n) is 1.38. The summed E-state index contributed by atoms with van der Waals surface area (Å²) in [4.78, 5) is 3.85. The average molecular weight is 209 g/mol. The van der Waals surface area contributed by atoms with Crippen molar-refractivity contribution >= 4 is 5.69 Å². The molecule has 0 bridgehead atoms. The highest BCUT2D eigenvalue weighted by Crippen LogP contribution is 2.27. The average Bonchev–Trinajstić information content (AvgIpc) is 2.62. The van der Waals surface area contributed by atoms with E-state index in [9.17, 15) is 8.78 Å². The highest BCUT2D eigenvalue weighted by molar-refractivity contribution is 5.65. The van der Waals surface area contributed by atoms with E-state index in [4.69, 9.17) is 5.73 Å². The molecule has 2 aromatic rings. The molecule has 0 saturated carbocycles. The van der Waals surface area contributed by atoms with Crippen LogP contribution >= 0.6 is 0 Å². The maximum atomic E-state index is 13.6. The van der Waals surface area contributed by atoms with Gasteiger partial charge in [-0.25, -0.2) is 13.8 Å². The summed E-state index contributed by atoms with van der Waals surface area (Å²) in [5.41, 5.74) is 5.59. The summed E-state index contributed by atoms with van der Waals surface area (Å²) >= 11 is 0. The summed E-state index contributed by atoms with van der Waals surface area (Å²) in [6.07, 6.45) is 3.03. The van der Waals surface area contributed by atoms with Crippen molar-refractivity contribution in [2.24, 2.45) is 7.05 Å². The predicted molar refractivity (Wildman–Crippen MR) is 53.0 cm³/mol. The maximum Gasteiger partial charge on any atom is 0.158 e. The summed E-state index contributed by atoms with van der Waals surface area (Å²) in [5.74, 6) is -1.50. The zero-order valence-electron chi connectivity index (χ0n) is 8.04. The van der Waals surface area contributed by atoms with Crippen molar-refractivity contribution < 1.29 is 8.78 Å². The van der Waals surface area contributed by atoms with E-state index in [1.54, 1.807) is 11.6 Å². The van der Waals surface area contributed by atoms with Crippen molar-refractivity contribution in [2.45, 2.75) is 0 Å². The summed E-state index contributed by atoms with van der Waals surface area (Å²) in [7, 11) is 1.72. The molecule has 0 amide bonds. The molecule has 78 valence electrons. The Morgan fingerprint density at radius 1 is 1.33 bits per heavy atom. The highest BCUT2D eigenvalue weighted by atomic mass is 19.1. The smallest absolute Gasteiger partial charge is 0.158 e. The molecule has 2 rings (SSSR count). The molecule has 0 atom stereocenters. The van der Waals surface area contributed by atoms with Crippen molar-refractivity contribution in [3.05, 3.63) is 36.3 Å². The van der Waals surface area contributed by atoms with E-state index < -0.39 is 17.3 Å². The van der Waals surface area contributed by atoms with Gasteiger partial charge in [0.1, 0.15) is 11.5 Å². The van der Waals surface area contributed by atoms with Crippen LogP contribution in [0, 0.1) is 11.6 Å². The third-order valence-corrected chi connectivity index (χ3v) is 2.22. The quantitative estimate of drug-likeness (QED) is 0.729. The Balaban J connectivity index is 2.65. The van der Waals surface area contributed by atoms with E-state index in [0.717, 1.165) is 6.07 Å². The predicted octanol–water partition coefficient (Wildman–Crippen LogP) is 1.95. The van der Waals surface area contributed by atoms with Crippen molar-refractivity contribution in [1.82, 2.24) is 9.55 Å². The number of hydrogen-bond acceptors (Lipinski definition) is 2. The minimum atomic E-state index is -0.751. The Morgan fingerprint density at radius 3 is 2.67 bits per heavy atom. The molecule has 0 radical (unpaired) electrons. The summed E-state index contributed by atoms with van der Waals surface area (Å²) in [5, 5.41) is 0. The van der Waals surface area contributed by atoms with Gasteiger partial charge in [0.15, 0.2) is 5.82 Å². The fourth-order valence-corrected chi connectivity index (χ4v) is 1.38. The Hall–Kier alpha value is -1.91. The second-order valence-electron chi connectivity index (χ2n) is 3.21. The van der Waals surface area contributed by atoms with Gasteiger partial charge in [-0.1, -0.05) is 0 Å². The third-order valence-electron chi connectivity index (χ3n) is 2.22. The standard InChI is InChI=1S/C10H9F2N3/c1-15-5-14-4-8(15)6-2-3-7(11)10(13)9(6)12/h2-5H,13H2,1H3. The first-order valence-electron chi connectivity index (χ1n) is 4.31. The number of nitrogen functional groups attached to an aromatic ring is 1. The monoisotopic (exact) mass is 209 g/mol. The van der Waals surface area contributed by atoms with Gasteiger partial charge in [-0.2, -0.15) is 0 Å². The van der Waals surface area contributed by atoms with Crippen LogP contribution in [0.3, 0.4) is 0 Å². The normalized spacial score (nSPS) is 10.6. The van der Waals surface area contributed by atoms with Crippen molar-refractivity contribution in [3.8, 4) is 11.3 Å². The van der Waals surface area contributed by atoms with Crippen LogP contribution in [-0.2, 0) is 7.05 Å². The van der Waals surface area contributed by atoms with E-state index in [0.29, 0.717) is 5.69 Å². The van der Waals surface area contributed by atoms with Crippen LogP contribution in [0.1, 0.15) is 0 Å². The SMILES string of the molecule is Cn1cncc1-c1ccc(F)c(N)c1F. The number of aryl methyl sites for hydroxylation is 1. The van der Waals surface area contributed by atoms with Gasteiger partial charge in [-0.15, -0.1) is 0 Å². The van der Waals surface area contributed by atoms with Crippen LogP contribution in [0.5, 0.6) is 0 Å². The molecule has 3 nitrogen and oxygen atoms in total. The third kappa shape index (κ3) is 1.45. The molecule has 1 heterocycles. The molecule has 2 N–H and O–H groups in total. The Bertz CT molecular complexity index is 505. The van der Waals surface area contributed by atoms with Gasteiger partial charge in [-0.3, -0.25) is 0 Å². The van der Waals surface area contributed by atoms with Crippen LogP contribution < -0.4 is 5.73 Å². The molecule has 0 unspecified atom stereocenters. The van der Waals surface area contributed by atoms with Crippen molar-refractivity contribution in [2.75, 3.05) is 5.73 Å². The minimum absolute atomic E-state index is 0.244. The molecule has 0 aliphatic carbocycles. The lowest BCUT2D eigenvalue weighted by Crippen LogP contribution is -1.99. The van der Waals surface area contributed by atoms with Gasteiger partial charge in [-0.05, 0) is 12.1 Å². The van der Waals surface area contributed by atoms with Crippen LogP contribution in [0.4, 0.5) is 14.5 Å². The molecule has 0 saturated heterocycles. The molecule has 5 heteroatoms. The fraction of sp³-hybridized carbons (Fsp3) is 0.100. The van der Waals surface area contributed by atoms with Gasteiger partial charge in [0.2, 0.25) is 0 Å². The highest BCUT2D eigenvalue weighted by Gasteiger charge is 2.13. The van der Waals surface area contributed by atoms with Gasteiger partial charge >= 0.3 is 0 Å². The molecule has 15 heavy (non-hydrogen) atoms. The number of nitrogens with zero attached hydrogens (tertiary/aromatic N) is 2. The van der Waals surface area contributed by atoms with Crippen molar-refractivity contribution in [3.63, 3.8) is 0 Å². The van der Waals surface area contributed by atoms with Gasteiger partial charge in [0, 0.05) is 12.6 Å². The van der Waals surface area contributed by atoms with E-state index >= 15 is 0 Å². The molecule has 1 aromatic carbocycles. The number of imidazole rings is 1. The Kier molecular flexibility index (Phi) is 2.15. The number of benzene rings is 1. The minimum Gasteiger partial charge on any atom is -0.394 e. The number of nitrogens with two attached hydrogens (primary N) is 1. The topological polar surface area (TPSA) is 43.8 Å². The first kappa shape index (κ1) is 9.64. The molecule has 1 aromatic heterocycles. The van der Waals surface area contributed by atoms with E-state index in [2.05, 4.69) is 4.98 Å². The molecule has 0 aliphatic heterocycles. The molecule has 0 fully saturated rings. The number of aromatic nitrogens is 2. The molecular weight excluding hydrogens is 200 g/mol. The van der Waals surface area contributed by atoms with Crippen LogP contribution in [0.2, 0.25) is 0 Å². The van der Waals surface area contributed by atoms with Crippen molar-refractivity contribution in [1.29, 1.82) is 0 Å². The summed E-state index contributed by atoms with van der Waals surface area (Å²) < 4.78 is 28.1. The van der Waals surface area contributed by atoms with E-state index in [1.807, 2.05) is 0 Å². The Labute approximate surface area is 85.2 Å². The zero-order valence-corrected chi connectivity index (χ0v) is 8.04. The number of anilines is 1. The van der Waals surface area contributed by atoms with Crippen LogP contribution in [0.15, 0.2) is 24.7 Å². The second-order valence-corrected chi connectivity index (χ2v) is 3.21. The van der Waals surface area contributed by atoms with Crippen LogP contribution in [0.25, 0.3) is 11.3 Å². The van der Waals surface area contributed by atoms with E-state index in [-0.39, 0.29) is 5.56 Å². The first-order valence-corrected chi connectivity index (χ1v) is 4.31. The first-order chi connectivity index (χ1) is 7.11. The lowest BCUT2D eigenvalue weighted by atomic mass is 10.1. The maximum absolute atomic E-state index is 13.6. The van der Waals surface area contributed by atoms with E-state index in [1.165, 1.54) is 18.6 Å².